The van der Waals surface area contributed by atoms with E-state index in [9.17, 15) is 33.2 Å². The number of amides is 4. The Labute approximate surface area is 395 Å². The number of allylic oxidation sites excluding steroid dienone is 1. The van der Waals surface area contributed by atoms with Crippen LogP contribution in [0.3, 0.4) is 0 Å². The molecule has 0 radical (unpaired) electrons. The molecule has 5 heterocycles. The summed E-state index contributed by atoms with van der Waals surface area (Å²) >= 11 is 4.48. The predicted molar refractivity (Wildman–Crippen MR) is 257 cm³/mol. The first-order valence-corrected chi connectivity index (χ1v) is 23.1. The Bertz CT molecular complexity index is 2560. The molecule has 17 heteroatoms. The zero-order valence-electron chi connectivity index (χ0n) is 38.5. The van der Waals surface area contributed by atoms with E-state index in [-0.39, 0.29) is 48.2 Å². The van der Waals surface area contributed by atoms with Crippen molar-refractivity contribution in [1.29, 1.82) is 5.26 Å². The molecule has 2 aromatic heterocycles. The van der Waals surface area contributed by atoms with Crippen LogP contribution < -0.4 is 26.6 Å². The minimum Gasteiger partial charge on any atom is -0.401 e. The number of likely N-dealkylation sites (tertiary alicyclic amines) is 2. The van der Waals surface area contributed by atoms with E-state index in [1.54, 1.807) is 58.0 Å². The van der Waals surface area contributed by atoms with Crippen LogP contribution in [0.2, 0.25) is 0 Å². The molecular formula is C50H58F2N10O4S. The van der Waals surface area contributed by atoms with Crippen molar-refractivity contribution >= 4 is 58.6 Å². The van der Waals surface area contributed by atoms with E-state index in [4.69, 9.17) is 5.73 Å². The number of rotatable bonds is 12. The van der Waals surface area contributed by atoms with Crippen molar-refractivity contribution < 1.29 is 28.0 Å². The number of halogens is 2. The van der Waals surface area contributed by atoms with Gasteiger partial charge in [0.15, 0.2) is 0 Å². The summed E-state index contributed by atoms with van der Waals surface area (Å²) in [6, 6.07) is 21.0. The molecule has 3 saturated heterocycles. The van der Waals surface area contributed by atoms with Crippen molar-refractivity contribution in [2.75, 3.05) is 42.9 Å². The smallest absolute Gasteiger partial charge is 0.266 e. The predicted octanol–water partition coefficient (Wildman–Crippen LogP) is 7.55. The summed E-state index contributed by atoms with van der Waals surface area (Å²) in [7, 11) is 0. The molecule has 67 heavy (non-hydrogen) atoms. The van der Waals surface area contributed by atoms with Gasteiger partial charge < -0.3 is 36.4 Å². The molecule has 3 aliphatic rings. The van der Waals surface area contributed by atoms with Gasteiger partial charge >= 0.3 is 0 Å². The number of alkyl halides is 2. The average Bonchev–Trinajstić information content (AvgIpc) is 3.96. The van der Waals surface area contributed by atoms with E-state index in [2.05, 4.69) is 44.6 Å². The summed E-state index contributed by atoms with van der Waals surface area (Å²) in [5.41, 5.74) is 9.54. The van der Waals surface area contributed by atoms with Gasteiger partial charge in [-0.3, -0.25) is 19.2 Å². The number of carbonyl (C=O) groups is 4. The number of nitrogens with one attached hydrogen (secondary N) is 3. The molecule has 0 bridgehead atoms. The number of nitriles is 1. The second-order valence-electron chi connectivity index (χ2n) is 18.8. The second kappa shape index (κ2) is 20.1. The molecule has 3 fully saturated rings. The van der Waals surface area contributed by atoms with E-state index < -0.39 is 35.9 Å². The summed E-state index contributed by atoms with van der Waals surface area (Å²) in [6.07, 6.45) is 3.62. The number of carbonyl (C=O) groups excluding carboxylic acids is 4. The maximum Gasteiger partial charge on any atom is 0.266 e. The molecule has 14 nitrogen and oxygen atoms in total. The van der Waals surface area contributed by atoms with Crippen LogP contribution in [0.5, 0.6) is 0 Å². The minimum atomic E-state index is -2.82. The van der Waals surface area contributed by atoms with Crippen LogP contribution in [0.1, 0.15) is 122 Å². The Morgan fingerprint density at radius 3 is 2.19 bits per heavy atom. The number of aromatic nitrogens is 2. The Morgan fingerprint density at radius 2 is 1.57 bits per heavy atom. The van der Waals surface area contributed by atoms with Crippen molar-refractivity contribution in [1.82, 2.24) is 30.4 Å². The van der Waals surface area contributed by atoms with Crippen molar-refractivity contribution in [3.63, 3.8) is 0 Å². The lowest BCUT2D eigenvalue weighted by Crippen LogP contribution is -2.57. The molecular weight excluding hydrogens is 875 g/mol. The largest absolute Gasteiger partial charge is 0.401 e. The van der Waals surface area contributed by atoms with Gasteiger partial charge in [-0.15, -0.1) is 12.6 Å². The summed E-state index contributed by atoms with van der Waals surface area (Å²) in [5, 5.41) is 18.5. The molecule has 3 atom stereocenters. The first-order chi connectivity index (χ1) is 31.8. The number of hydrogen-bond donors (Lipinski definition) is 5. The van der Waals surface area contributed by atoms with Gasteiger partial charge in [0.25, 0.3) is 17.7 Å². The Kier molecular flexibility index (Phi) is 14.5. The summed E-state index contributed by atoms with van der Waals surface area (Å²) in [4.78, 5) is 70.0. The number of benzene rings is 2. The highest BCUT2D eigenvalue weighted by atomic mass is 32.1. The molecule has 0 unspecified atom stereocenters. The van der Waals surface area contributed by atoms with E-state index >= 15 is 0 Å². The highest BCUT2D eigenvalue weighted by Crippen LogP contribution is 2.36. The van der Waals surface area contributed by atoms with Crippen molar-refractivity contribution in [2.45, 2.75) is 96.7 Å². The topological polar surface area (TPSA) is 190 Å². The molecule has 4 amide bonds. The van der Waals surface area contributed by atoms with Gasteiger partial charge in [0, 0.05) is 60.5 Å². The third kappa shape index (κ3) is 11.5. The molecule has 7 rings (SSSR count). The quantitative estimate of drug-likeness (QED) is 0.0888. The van der Waals surface area contributed by atoms with Crippen molar-refractivity contribution in [3.8, 4) is 6.07 Å². The molecule has 2 aromatic carbocycles. The van der Waals surface area contributed by atoms with Crippen LogP contribution in [0.25, 0.3) is 4.91 Å². The highest BCUT2D eigenvalue weighted by molar-refractivity contribution is 7.90. The fraction of sp³-hybridized carbons (Fsp3) is 0.420. The molecule has 0 spiro atoms. The highest BCUT2D eigenvalue weighted by Gasteiger charge is 2.43. The van der Waals surface area contributed by atoms with Gasteiger partial charge in [-0.2, -0.15) is 5.26 Å². The fourth-order valence-corrected chi connectivity index (χ4v) is 9.02. The van der Waals surface area contributed by atoms with Crippen molar-refractivity contribution in [3.05, 3.63) is 118 Å². The van der Waals surface area contributed by atoms with Gasteiger partial charge in [0.1, 0.15) is 29.5 Å². The molecule has 352 valence electrons. The average molecular weight is 933 g/mol. The number of nitrogens with two attached hydrogens (primary N) is 1. The molecule has 5 N–H and O–H groups in total. The van der Waals surface area contributed by atoms with Crippen LogP contribution in [0, 0.1) is 16.7 Å². The van der Waals surface area contributed by atoms with Gasteiger partial charge in [0.05, 0.1) is 24.2 Å². The summed E-state index contributed by atoms with van der Waals surface area (Å²) in [6.45, 7) is 10.3. The third-order valence-electron chi connectivity index (χ3n) is 12.8. The number of thiol groups is 1. The normalized spacial score (nSPS) is 18.7. The number of anilines is 3. The van der Waals surface area contributed by atoms with Gasteiger partial charge in [-0.25, -0.2) is 18.7 Å². The molecule has 0 saturated carbocycles. The maximum absolute atomic E-state index is 14.3. The zero-order chi connectivity index (χ0) is 48.2. The fourth-order valence-electron chi connectivity index (χ4n) is 8.87. The van der Waals surface area contributed by atoms with Crippen LogP contribution in [-0.4, -0.2) is 94.1 Å². The molecule has 0 aliphatic carbocycles. The summed E-state index contributed by atoms with van der Waals surface area (Å²) in [5.74, 6) is -2.84. The van der Waals surface area contributed by atoms with E-state index in [1.807, 2.05) is 64.1 Å². The monoisotopic (exact) mass is 932 g/mol. The zero-order valence-corrected chi connectivity index (χ0v) is 39.4. The van der Waals surface area contributed by atoms with E-state index in [0.717, 1.165) is 16.7 Å². The van der Waals surface area contributed by atoms with Gasteiger partial charge in [-0.05, 0) is 116 Å². The van der Waals surface area contributed by atoms with Crippen LogP contribution in [-0.2, 0) is 9.59 Å². The molecule has 4 aromatic rings. The Hall–Kier alpha value is -6.54. The maximum atomic E-state index is 14.3. The number of hydrogen-bond acceptors (Lipinski definition) is 11. The number of nitrogens with zero attached hydrogens (tertiary/aromatic N) is 6. The first kappa shape index (κ1) is 48.4. The minimum absolute atomic E-state index is 0.0145. The standard InChI is InChI=1S/C50H58F2N10O4S/c1-30(54)43(67)35-10-8-33(9-11-35)31(2)56-46(64)39-7-6-21-62(39)48(66)44(49(3,4)5)59-45(63)36-12-14-37(15-13-36)47(65)60-22-17-34(18-23-60)38-26-41(57-40-25-32(28-53)16-20-55-40)58-42(27-38)61-24-19-50(51,52)29-61/h8-16,20,25-27,31,34,39,44,67H,6-7,17-19,21-24,29,54H2,1-5H3,(H,56,64)(H,59,63)(H,55,57,58)/b43-30-/t31-,39-,44+/m0/s1. The van der Waals surface area contributed by atoms with Crippen molar-refractivity contribution in [2.24, 2.45) is 11.1 Å². The lowest BCUT2D eigenvalue weighted by atomic mass is 9.85. The van der Waals surface area contributed by atoms with E-state index in [1.165, 1.54) is 6.20 Å². The number of piperidine rings is 1. The Morgan fingerprint density at radius 1 is 0.896 bits per heavy atom. The SMILES string of the molecule is C/C(N)=C(/S)c1ccc([C@H](C)NC(=O)[C@@H]2CCCN2C(=O)[C@@H](NC(=O)c2ccc(C(=O)N3CCC(c4cc(Nc5cc(C#N)ccn5)nc(N5CCC(F)(F)C5)c4)CC3)cc2)C(C)(C)C)cc1. The molecule has 3 aliphatic heterocycles. The Balaban J connectivity index is 0.966. The third-order valence-corrected chi connectivity index (χ3v) is 13.4. The van der Waals surface area contributed by atoms with Crippen LogP contribution in [0.15, 0.2) is 84.7 Å². The second-order valence-corrected chi connectivity index (χ2v) is 19.3. The lowest BCUT2D eigenvalue weighted by Gasteiger charge is -2.35. The van der Waals surface area contributed by atoms with Gasteiger partial charge in [0.2, 0.25) is 11.8 Å². The summed E-state index contributed by atoms with van der Waals surface area (Å²) < 4.78 is 28.6. The van der Waals surface area contributed by atoms with E-state index in [0.29, 0.717) is 84.5 Å². The first-order valence-electron chi connectivity index (χ1n) is 22.6. The number of pyridine rings is 2. The van der Waals surface area contributed by atoms with Gasteiger partial charge in [-0.1, -0.05) is 45.0 Å². The van der Waals surface area contributed by atoms with Crippen LogP contribution in [0.4, 0.5) is 26.2 Å². The van der Waals surface area contributed by atoms with Crippen LogP contribution >= 0.6 is 12.6 Å². The lowest BCUT2D eigenvalue weighted by molar-refractivity contribution is -0.142.